The summed E-state index contributed by atoms with van der Waals surface area (Å²) in [4.78, 5) is 26.4. The molecule has 0 aliphatic carbocycles. The minimum Gasteiger partial charge on any atom is -0.321 e. The van der Waals surface area contributed by atoms with E-state index in [0.29, 0.717) is 24.0 Å². The van der Waals surface area contributed by atoms with Crippen molar-refractivity contribution >= 4 is 28.5 Å². The summed E-state index contributed by atoms with van der Waals surface area (Å²) in [5.74, 6) is -0.0680. The number of hydrogen-bond acceptors (Lipinski definition) is 2. The Labute approximate surface area is 199 Å². The van der Waals surface area contributed by atoms with E-state index in [0.717, 1.165) is 28.0 Å². The van der Waals surface area contributed by atoms with E-state index in [4.69, 9.17) is 0 Å². The molecule has 4 aromatic carbocycles. The van der Waals surface area contributed by atoms with Gasteiger partial charge in [-0.1, -0.05) is 109 Å². The molecule has 0 radical (unpaired) electrons. The van der Waals surface area contributed by atoms with E-state index in [1.807, 2.05) is 103 Å². The molecule has 166 valence electrons. The summed E-state index contributed by atoms with van der Waals surface area (Å²) in [6.45, 7) is 0. The molecule has 0 aromatic heterocycles. The van der Waals surface area contributed by atoms with Crippen molar-refractivity contribution in [3.05, 3.63) is 138 Å². The van der Waals surface area contributed by atoms with Gasteiger partial charge >= 0.3 is 0 Å². The van der Waals surface area contributed by atoms with Crippen LogP contribution < -0.4 is 5.32 Å². The van der Waals surface area contributed by atoms with Gasteiger partial charge in [0.05, 0.1) is 5.57 Å². The van der Waals surface area contributed by atoms with E-state index < -0.39 is 0 Å². The summed E-state index contributed by atoms with van der Waals surface area (Å²) in [5, 5.41) is 3.01. The normalized spacial score (nSPS) is 14.8. The Balaban J connectivity index is 1.61. The van der Waals surface area contributed by atoms with Crippen molar-refractivity contribution in [3.8, 4) is 0 Å². The number of amides is 1. The van der Waals surface area contributed by atoms with Gasteiger partial charge in [0.2, 0.25) is 0 Å². The SMILES string of the molecule is O=C1Nc2ccccc2/C1=C(/CC(CC(=O)c1ccccc1)c1ccccc1)c1ccccc1. The lowest BCUT2D eigenvalue weighted by molar-refractivity contribution is -0.110. The summed E-state index contributed by atoms with van der Waals surface area (Å²) >= 11 is 0. The monoisotopic (exact) mass is 443 g/mol. The Hall–Kier alpha value is -4.24. The number of carbonyl (C=O) groups excluding carboxylic acids is 2. The molecule has 0 bridgehead atoms. The summed E-state index contributed by atoms with van der Waals surface area (Å²) in [6, 6.07) is 37.4. The van der Waals surface area contributed by atoms with Crippen LogP contribution in [0.3, 0.4) is 0 Å². The maximum absolute atomic E-state index is 13.2. The van der Waals surface area contributed by atoms with Gasteiger partial charge in [-0.05, 0) is 35.1 Å². The summed E-state index contributed by atoms with van der Waals surface area (Å²) in [5.41, 5.74) is 6.18. The molecule has 3 heteroatoms. The van der Waals surface area contributed by atoms with Crippen LogP contribution in [-0.2, 0) is 4.79 Å². The predicted molar refractivity (Wildman–Crippen MR) is 138 cm³/mol. The zero-order chi connectivity index (χ0) is 23.3. The molecule has 0 saturated carbocycles. The van der Waals surface area contributed by atoms with Gasteiger partial charge in [-0.2, -0.15) is 0 Å². The van der Waals surface area contributed by atoms with E-state index in [9.17, 15) is 9.59 Å². The number of carbonyl (C=O) groups is 2. The molecule has 1 heterocycles. The van der Waals surface area contributed by atoms with Crippen molar-refractivity contribution in [2.75, 3.05) is 5.32 Å². The first-order valence-electron chi connectivity index (χ1n) is 11.5. The minimum atomic E-state index is -0.0961. The number of nitrogens with one attached hydrogen (secondary N) is 1. The fraction of sp³-hybridized carbons (Fsp3) is 0.0968. The van der Waals surface area contributed by atoms with Crippen LogP contribution in [0.25, 0.3) is 11.1 Å². The molecular weight excluding hydrogens is 418 g/mol. The number of anilines is 1. The lowest BCUT2D eigenvalue weighted by atomic mass is 9.82. The van der Waals surface area contributed by atoms with E-state index >= 15 is 0 Å². The van der Waals surface area contributed by atoms with Crippen molar-refractivity contribution in [3.63, 3.8) is 0 Å². The van der Waals surface area contributed by atoms with E-state index in [1.54, 1.807) is 0 Å². The zero-order valence-electron chi connectivity index (χ0n) is 18.8. The number of Topliss-reactive ketones (excluding diaryl/α,β-unsaturated/α-hetero) is 1. The molecule has 1 amide bonds. The van der Waals surface area contributed by atoms with Gasteiger partial charge in [0.25, 0.3) is 5.91 Å². The molecule has 4 aromatic rings. The lowest BCUT2D eigenvalue weighted by Crippen LogP contribution is -2.11. The lowest BCUT2D eigenvalue weighted by Gasteiger charge is -2.21. The van der Waals surface area contributed by atoms with Crippen LogP contribution in [0.2, 0.25) is 0 Å². The number of para-hydroxylation sites is 1. The Kier molecular flexibility index (Phi) is 6.17. The number of fused-ring (bicyclic) bond motifs is 1. The second kappa shape index (κ2) is 9.72. The van der Waals surface area contributed by atoms with Crippen LogP contribution in [0.1, 0.15) is 45.8 Å². The third-order valence-corrected chi connectivity index (χ3v) is 6.34. The fourth-order valence-electron chi connectivity index (χ4n) is 4.67. The maximum Gasteiger partial charge on any atom is 0.256 e. The van der Waals surface area contributed by atoms with Gasteiger partial charge in [-0.25, -0.2) is 0 Å². The van der Waals surface area contributed by atoms with Gasteiger partial charge in [0, 0.05) is 23.2 Å². The van der Waals surface area contributed by atoms with Crippen LogP contribution in [0.5, 0.6) is 0 Å². The molecule has 34 heavy (non-hydrogen) atoms. The van der Waals surface area contributed by atoms with Crippen molar-refractivity contribution in [2.24, 2.45) is 0 Å². The maximum atomic E-state index is 13.2. The van der Waals surface area contributed by atoms with Crippen molar-refractivity contribution < 1.29 is 9.59 Å². The molecule has 1 unspecified atom stereocenters. The molecule has 1 aliphatic heterocycles. The fourth-order valence-corrected chi connectivity index (χ4v) is 4.67. The minimum absolute atomic E-state index is 0.0721. The number of benzene rings is 4. The van der Waals surface area contributed by atoms with Gasteiger partial charge in [-0.3, -0.25) is 9.59 Å². The standard InChI is InChI=1S/C31H25NO2/c33-29(24-16-8-3-9-17-24)21-25(22-12-4-1-5-13-22)20-27(23-14-6-2-7-15-23)30-26-18-10-11-19-28(26)32-31(30)34/h1-19,25H,20-21H2,(H,32,34)/b30-27+. The van der Waals surface area contributed by atoms with Crippen LogP contribution in [0.4, 0.5) is 5.69 Å². The molecule has 0 spiro atoms. The molecule has 5 rings (SSSR count). The average Bonchev–Trinajstić information content (AvgIpc) is 3.23. The van der Waals surface area contributed by atoms with Crippen molar-refractivity contribution in [1.82, 2.24) is 0 Å². The first kappa shape index (κ1) is 21.6. The van der Waals surface area contributed by atoms with Crippen LogP contribution >= 0.6 is 0 Å². The smallest absolute Gasteiger partial charge is 0.256 e. The average molecular weight is 444 g/mol. The van der Waals surface area contributed by atoms with Gasteiger partial charge in [-0.15, -0.1) is 0 Å². The Morgan fingerprint density at radius 1 is 0.647 bits per heavy atom. The summed E-state index contributed by atoms with van der Waals surface area (Å²) in [7, 11) is 0. The highest BCUT2D eigenvalue weighted by Crippen LogP contribution is 2.42. The quantitative estimate of drug-likeness (QED) is 0.247. The van der Waals surface area contributed by atoms with Crippen LogP contribution in [0.15, 0.2) is 115 Å². The Bertz CT molecular complexity index is 1340. The Morgan fingerprint density at radius 2 is 1.21 bits per heavy atom. The first-order valence-corrected chi connectivity index (χ1v) is 11.5. The third-order valence-electron chi connectivity index (χ3n) is 6.34. The highest BCUT2D eigenvalue weighted by atomic mass is 16.2. The topological polar surface area (TPSA) is 46.2 Å². The van der Waals surface area contributed by atoms with Crippen molar-refractivity contribution in [2.45, 2.75) is 18.8 Å². The largest absolute Gasteiger partial charge is 0.321 e. The number of allylic oxidation sites excluding steroid dienone is 1. The van der Waals surface area contributed by atoms with E-state index in [2.05, 4.69) is 17.4 Å². The Morgan fingerprint density at radius 3 is 1.88 bits per heavy atom. The predicted octanol–water partition coefficient (Wildman–Crippen LogP) is 7.00. The van der Waals surface area contributed by atoms with Gasteiger partial charge in [0.15, 0.2) is 5.78 Å². The van der Waals surface area contributed by atoms with Crippen LogP contribution in [-0.4, -0.2) is 11.7 Å². The molecule has 1 N–H and O–H groups in total. The molecule has 1 atom stereocenters. The number of rotatable bonds is 7. The highest BCUT2D eigenvalue weighted by Gasteiger charge is 2.29. The first-order chi connectivity index (χ1) is 16.7. The van der Waals surface area contributed by atoms with Crippen LogP contribution in [0, 0.1) is 0 Å². The number of hydrogen-bond donors (Lipinski definition) is 1. The highest BCUT2D eigenvalue weighted by molar-refractivity contribution is 6.36. The van der Waals surface area contributed by atoms with Gasteiger partial charge < -0.3 is 5.32 Å². The zero-order valence-corrected chi connectivity index (χ0v) is 18.8. The third kappa shape index (κ3) is 4.46. The van der Waals surface area contributed by atoms with E-state index in [1.165, 1.54) is 0 Å². The number of ketones is 1. The molecule has 0 fully saturated rings. The van der Waals surface area contributed by atoms with E-state index in [-0.39, 0.29) is 17.6 Å². The second-order valence-corrected chi connectivity index (χ2v) is 8.52. The molecule has 3 nitrogen and oxygen atoms in total. The summed E-state index contributed by atoms with van der Waals surface area (Å²) in [6.07, 6.45) is 0.935. The molecule has 0 saturated heterocycles. The second-order valence-electron chi connectivity index (χ2n) is 8.52. The van der Waals surface area contributed by atoms with Crippen molar-refractivity contribution in [1.29, 1.82) is 0 Å². The molecular formula is C31H25NO2. The summed E-state index contributed by atoms with van der Waals surface area (Å²) < 4.78 is 0. The van der Waals surface area contributed by atoms with Gasteiger partial charge in [0.1, 0.15) is 0 Å². The molecule has 1 aliphatic rings.